The van der Waals surface area contributed by atoms with Crippen LogP contribution >= 0.6 is 0 Å². The monoisotopic (exact) mass is 271 g/mol. The van der Waals surface area contributed by atoms with Gasteiger partial charge in [0.15, 0.2) is 0 Å². The third kappa shape index (κ3) is 1.80. The predicted octanol–water partition coefficient (Wildman–Crippen LogP) is 2.57. The van der Waals surface area contributed by atoms with E-state index in [2.05, 4.69) is 33.9 Å². The van der Waals surface area contributed by atoms with E-state index >= 15 is 0 Å². The van der Waals surface area contributed by atoms with Gasteiger partial charge >= 0.3 is 111 Å². The van der Waals surface area contributed by atoms with Gasteiger partial charge in [-0.05, 0) is 0 Å². The van der Waals surface area contributed by atoms with Crippen LogP contribution in [0.3, 0.4) is 0 Å². The third-order valence-electron chi connectivity index (χ3n) is 5.84. The molecule has 3 aliphatic rings. The van der Waals surface area contributed by atoms with E-state index in [4.69, 9.17) is 9.16 Å². The molecule has 0 bridgehead atoms. The zero-order valence-electron chi connectivity index (χ0n) is 12.3. The molecule has 2 aliphatic carbocycles. The molecule has 1 N–H and O–H groups in total. The SMILES string of the molecule is CC(C)(C)[SiH-](C)(C)OC1CC12C[C@@H](O)C1(CC1)O2. The molecule has 18 heavy (non-hydrogen) atoms. The molecule has 0 aromatic rings. The van der Waals surface area contributed by atoms with Gasteiger partial charge in [-0.3, -0.25) is 0 Å². The summed E-state index contributed by atoms with van der Waals surface area (Å²) < 4.78 is 12.6. The number of aliphatic hydroxyl groups excluding tert-OH is 1. The van der Waals surface area contributed by atoms with Gasteiger partial charge in [-0.2, -0.15) is 0 Å². The molecule has 3 atom stereocenters. The summed E-state index contributed by atoms with van der Waals surface area (Å²) in [5.41, 5.74) is -0.299. The molecule has 4 heteroatoms. The molecule has 0 amide bonds. The standard InChI is InChI=1S/C14H27O3Si/c1-12(2,3)18(4,5)16-11-9-14(11)8-10(15)13(17-14)6-7-13/h10-11,15,18H,6-9H2,1-5H3/q-1/t10-,11?,14?/m1/s1. The maximum atomic E-state index is 10.1. The fourth-order valence-electron chi connectivity index (χ4n) is 2.95. The predicted molar refractivity (Wildman–Crippen MR) is 74.5 cm³/mol. The zero-order chi connectivity index (χ0) is 13.4. The van der Waals surface area contributed by atoms with Crippen LogP contribution in [0.1, 0.15) is 46.5 Å². The summed E-state index contributed by atoms with van der Waals surface area (Å²) in [6.07, 6.45) is 3.83. The zero-order valence-corrected chi connectivity index (χ0v) is 13.5. The third-order valence-corrected chi connectivity index (χ3v) is 11.0. The van der Waals surface area contributed by atoms with Crippen LogP contribution in [0, 0.1) is 0 Å². The van der Waals surface area contributed by atoms with Crippen LogP contribution in [0.4, 0.5) is 0 Å². The number of aliphatic hydroxyl groups is 1. The quantitative estimate of drug-likeness (QED) is 0.785. The van der Waals surface area contributed by atoms with E-state index in [0.29, 0.717) is 0 Å². The van der Waals surface area contributed by atoms with Crippen molar-refractivity contribution in [3.8, 4) is 0 Å². The summed E-state index contributed by atoms with van der Waals surface area (Å²) in [4.78, 5) is 0. The maximum absolute atomic E-state index is 10.1. The van der Waals surface area contributed by atoms with Crippen molar-refractivity contribution < 1.29 is 14.3 Å². The molecule has 3 nitrogen and oxygen atoms in total. The Bertz CT molecular complexity index is 370. The van der Waals surface area contributed by atoms with E-state index in [1.807, 2.05) is 0 Å². The molecular formula is C14H27O3Si-. The molecule has 1 saturated heterocycles. The average Bonchev–Trinajstić information content (AvgIpc) is 3.03. The van der Waals surface area contributed by atoms with Crippen molar-refractivity contribution in [2.24, 2.45) is 0 Å². The van der Waals surface area contributed by atoms with Gasteiger partial charge in [-0.25, -0.2) is 0 Å². The second-order valence-corrected chi connectivity index (χ2v) is 13.9. The first-order chi connectivity index (χ1) is 8.10. The summed E-state index contributed by atoms with van der Waals surface area (Å²) in [6, 6.07) is 0. The van der Waals surface area contributed by atoms with Crippen molar-refractivity contribution in [2.75, 3.05) is 0 Å². The van der Waals surface area contributed by atoms with Crippen LogP contribution in [0.5, 0.6) is 0 Å². The topological polar surface area (TPSA) is 38.7 Å². The molecular weight excluding hydrogens is 244 g/mol. The summed E-state index contributed by atoms with van der Waals surface area (Å²) in [6.45, 7) is 11.5. The molecule has 3 rings (SSSR count). The van der Waals surface area contributed by atoms with E-state index in [9.17, 15) is 5.11 Å². The Balaban J connectivity index is 1.65. The van der Waals surface area contributed by atoms with Crippen molar-refractivity contribution in [1.82, 2.24) is 0 Å². The van der Waals surface area contributed by atoms with Crippen molar-refractivity contribution >= 4 is 8.32 Å². The molecule has 2 unspecified atom stereocenters. The Morgan fingerprint density at radius 1 is 1.17 bits per heavy atom. The summed E-state index contributed by atoms with van der Waals surface area (Å²) >= 11 is 0. The van der Waals surface area contributed by atoms with E-state index in [0.717, 1.165) is 25.7 Å². The Kier molecular flexibility index (Phi) is 2.47. The molecule has 2 saturated carbocycles. The molecule has 3 fully saturated rings. The molecule has 1 heterocycles. The van der Waals surface area contributed by atoms with E-state index < -0.39 is 8.32 Å². The van der Waals surface area contributed by atoms with E-state index in [1.165, 1.54) is 0 Å². The number of hydrogen-bond donors (Lipinski definition) is 1. The van der Waals surface area contributed by atoms with Gasteiger partial charge in [-0.1, -0.05) is 0 Å². The molecule has 106 valence electrons. The molecule has 0 radical (unpaired) electrons. The van der Waals surface area contributed by atoms with Gasteiger partial charge in [0, 0.05) is 0 Å². The number of rotatable bonds is 2. The minimum atomic E-state index is -2.02. The van der Waals surface area contributed by atoms with Gasteiger partial charge < -0.3 is 0 Å². The first kappa shape index (κ1) is 13.1. The van der Waals surface area contributed by atoms with Gasteiger partial charge in [0.1, 0.15) is 0 Å². The Morgan fingerprint density at radius 3 is 2.22 bits per heavy atom. The Morgan fingerprint density at radius 2 is 1.78 bits per heavy atom. The van der Waals surface area contributed by atoms with Crippen LogP contribution in [0.2, 0.25) is 18.1 Å². The molecule has 0 aromatic carbocycles. The minimum absolute atomic E-state index is 0.127. The van der Waals surface area contributed by atoms with Crippen LogP contribution in [0.25, 0.3) is 0 Å². The van der Waals surface area contributed by atoms with Gasteiger partial charge in [0.25, 0.3) is 0 Å². The second-order valence-electron chi connectivity index (χ2n) is 8.39. The van der Waals surface area contributed by atoms with Gasteiger partial charge in [0.05, 0.1) is 0 Å². The summed E-state index contributed by atoms with van der Waals surface area (Å²) in [5, 5.41) is 10.4. The van der Waals surface area contributed by atoms with E-state index in [1.54, 1.807) is 0 Å². The van der Waals surface area contributed by atoms with Crippen LogP contribution in [0.15, 0.2) is 0 Å². The fraction of sp³-hybridized carbons (Fsp3) is 1.00. The number of ether oxygens (including phenoxy) is 1. The fourth-order valence-corrected chi connectivity index (χ4v) is 4.52. The first-order valence-corrected chi connectivity index (χ1v) is 10.7. The van der Waals surface area contributed by atoms with Crippen LogP contribution in [-0.2, 0) is 9.16 Å². The molecule has 2 spiro atoms. The Hall–Kier alpha value is 0.0969. The van der Waals surface area contributed by atoms with E-state index in [-0.39, 0.29) is 28.4 Å². The summed E-state index contributed by atoms with van der Waals surface area (Å²) in [5.74, 6) is 0. The van der Waals surface area contributed by atoms with Gasteiger partial charge in [-0.15, -0.1) is 0 Å². The first-order valence-electron chi connectivity index (χ1n) is 7.39. The number of hydrogen-bond acceptors (Lipinski definition) is 3. The van der Waals surface area contributed by atoms with Crippen LogP contribution in [-0.4, -0.2) is 36.8 Å². The van der Waals surface area contributed by atoms with Crippen LogP contribution < -0.4 is 0 Å². The summed E-state index contributed by atoms with van der Waals surface area (Å²) in [7, 11) is -2.02. The Labute approximate surface area is 111 Å². The normalized spacial score (nSPS) is 42.6. The average molecular weight is 271 g/mol. The van der Waals surface area contributed by atoms with Crippen molar-refractivity contribution in [3.63, 3.8) is 0 Å². The second kappa shape index (κ2) is 3.40. The van der Waals surface area contributed by atoms with Gasteiger partial charge in [0.2, 0.25) is 0 Å². The molecule has 1 aliphatic heterocycles. The molecule has 0 aromatic heterocycles. The van der Waals surface area contributed by atoms with Crippen molar-refractivity contribution in [2.45, 2.75) is 88.0 Å². The van der Waals surface area contributed by atoms with Crippen molar-refractivity contribution in [3.05, 3.63) is 0 Å². The van der Waals surface area contributed by atoms with Crippen molar-refractivity contribution in [1.29, 1.82) is 0 Å².